The zero-order chi connectivity index (χ0) is 22.6. The van der Waals surface area contributed by atoms with Gasteiger partial charge in [-0.1, -0.05) is 73.8 Å². The van der Waals surface area contributed by atoms with Crippen molar-refractivity contribution in [3.05, 3.63) is 69.7 Å². The van der Waals surface area contributed by atoms with Crippen molar-refractivity contribution in [3.63, 3.8) is 0 Å². The van der Waals surface area contributed by atoms with Crippen LogP contribution in [0.25, 0.3) is 0 Å². The molecule has 7 heteroatoms. The van der Waals surface area contributed by atoms with Gasteiger partial charge in [0.15, 0.2) is 0 Å². The third kappa shape index (κ3) is 8.40. The maximum absolute atomic E-state index is 13.2. The first kappa shape index (κ1) is 25.6. The number of nitrogens with zero attached hydrogens (tertiary/aromatic N) is 1. The van der Waals surface area contributed by atoms with Gasteiger partial charge in [-0.3, -0.25) is 9.59 Å². The molecule has 0 aliphatic rings. The molecule has 0 aliphatic heterocycles. The van der Waals surface area contributed by atoms with E-state index in [-0.39, 0.29) is 17.6 Å². The summed E-state index contributed by atoms with van der Waals surface area (Å²) in [5.74, 6) is 0.796. The van der Waals surface area contributed by atoms with Gasteiger partial charge in [-0.25, -0.2) is 0 Å². The van der Waals surface area contributed by atoms with E-state index in [1.165, 1.54) is 11.8 Å². The van der Waals surface area contributed by atoms with Crippen LogP contribution in [-0.4, -0.2) is 35.1 Å². The monoisotopic (exact) mass is 480 g/mol. The van der Waals surface area contributed by atoms with E-state index >= 15 is 0 Å². The van der Waals surface area contributed by atoms with Crippen molar-refractivity contribution in [2.75, 3.05) is 12.3 Å². The smallest absolute Gasteiger partial charge is 0.242 e. The molecule has 0 saturated carbocycles. The molecule has 0 heterocycles. The molecule has 4 nitrogen and oxygen atoms in total. The molecule has 2 aromatic carbocycles. The minimum Gasteiger partial charge on any atom is -0.354 e. The second-order valence-corrected chi connectivity index (χ2v) is 9.13. The molecule has 0 radical (unpaired) electrons. The third-order valence-electron chi connectivity index (χ3n) is 4.92. The fraction of sp³-hybridized carbons (Fsp3) is 0.417. The van der Waals surface area contributed by atoms with E-state index in [4.69, 9.17) is 23.2 Å². The van der Waals surface area contributed by atoms with E-state index in [0.717, 1.165) is 24.0 Å². The Balaban J connectivity index is 2.10. The average Bonchev–Trinajstić information content (AvgIpc) is 2.76. The van der Waals surface area contributed by atoms with Crippen molar-refractivity contribution in [1.29, 1.82) is 0 Å². The second kappa shape index (κ2) is 13.7. The topological polar surface area (TPSA) is 49.4 Å². The lowest BCUT2D eigenvalue weighted by atomic mass is 10.1. The highest BCUT2D eigenvalue weighted by molar-refractivity contribution is 7.99. The zero-order valence-electron chi connectivity index (χ0n) is 18.1. The first-order valence-corrected chi connectivity index (χ1v) is 12.5. The van der Waals surface area contributed by atoms with Gasteiger partial charge in [0.2, 0.25) is 11.8 Å². The van der Waals surface area contributed by atoms with Gasteiger partial charge in [0.05, 0.1) is 5.75 Å². The SMILES string of the molecule is CCCCNC(=O)C(CC)N(Cc1ccccc1Cl)C(=O)CSCc1ccc(Cl)cc1. The lowest BCUT2D eigenvalue weighted by molar-refractivity contribution is -0.139. The van der Waals surface area contributed by atoms with Crippen LogP contribution in [-0.2, 0) is 21.9 Å². The first-order valence-electron chi connectivity index (χ1n) is 10.6. The van der Waals surface area contributed by atoms with Crippen LogP contribution >= 0.6 is 35.0 Å². The van der Waals surface area contributed by atoms with Crippen molar-refractivity contribution < 1.29 is 9.59 Å². The Morgan fingerprint density at radius 3 is 2.42 bits per heavy atom. The van der Waals surface area contributed by atoms with Crippen LogP contribution < -0.4 is 5.32 Å². The summed E-state index contributed by atoms with van der Waals surface area (Å²) in [4.78, 5) is 27.7. The van der Waals surface area contributed by atoms with Crippen LogP contribution in [0, 0.1) is 0 Å². The molecular formula is C24H30Cl2N2O2S. The Labute approximate surface area is 199 Å². The maximum Gasteiger partial charge on any atom is 0.242 e. The zero-order valence-corrected chi connectivity index (χ0v) is 20.4. The van der Waals surface area contributed by atoms with Crippen molar-refractivity contribution in [3.8, 4) is 0 Å². The summed E-state index contributed by atoms with van der Waals surface area (Å²) in [7, 11) is 0. The maximum atomic E-state index is 13.2. The summed E-state index contributed by atoms with van der Waals surface area (Å²) < 4.78 is 0. The minimum atomic E-state index is -0.531. The number of rotatable bonds is 12. The molecule has 0 aromatic heterocycles. The quantitative estimate of drug-likeness (QED) is 0.381. The van der Waals surface area contributed by atoms with Crippen molar-refractivity contribution in [1.82, 2.24) is 10.2 Å². The Kier molecular flexibility index (Phi) is 11.3. The number of carbonyl (C=O) groups excluding carboxylic acids is 2. The van der Waals surface area contributed by atoms with Gasteiger partial charge in [-0.15, -0.1) is 11.8 Å². The molecule has 0 fully saturated rings. The van der Waals surface area contributed by atoms with Crippen LogP contribution in [0.4, 0.5) is 0 Å². The number of halogens is 2. The van der Waals surface area contributed by atoms with E-state index in [1.807, 2.05) is 49.4 Å². The van der Waals surface area contributed by atoms with Crippen molar-refractivity contribution >= 4 is 46.8 Å². The average molecular weight is 481 g/mol. The highest BCUT2D eigenvalue weighted by Crippen LogP contribution is 2.22. The Morgan fingerprint density at radius 2 is 1.77 bits per heavy atom. The van der Waals surface area contributed by atoms with E-state index in [9.17, 15) is 9.59 Å². The molecule has 168 valence electrons. The normalized spacial score (nSPS) is 11.7. The molecule has 1 unspecified atom stereocenters. The van der Waals surface area contributed by atoms with E-state index < -0.39 is 6.04 Å². The summed E-state index contributed by atoms with van der Waals surface area (Å²) in [5.41, 5.74) is 1.93. The Hall–Kier alpha value is -1.69. The highest BCUT2D eigenvalue weighted by Gasteiger charge is 2.28. The number of nitrogens with one attached hydrogen (secondary N) is 1. The molecule has 2 rings (SSSR count). The van der Waals surface area contributed by atoms with E-state index in [2.05, 4.69) is 12.2 Å². The van der Waals surface area contributed by atoms with Crippen molar-refractivity contribution in [2.45, 2.75) is 51.4 Å². The Bertz CT molecular complexity index is 846. The van der Waals surface area contributed by atoms with Crippen molar-refractivity contribution in [2.24, 2.45) is 0 Å². The van der Waals surface area contributed by atoms with Crippen LogP contribution in [0.15, 0.2) is 48.5 Å². The largest absolute Gasteiger partial charge is 0.354 e. The molecule has 0 spiro atoms. The first-order chi connectivity index (χ1) is 15.0. The van der Waals surface area contributed by atoms with Crippen LogP contribution in [0.2, 0.25) is 10.0 Å². The number of hydrogen-bond donors (Lipinski definition) is 1. The molecule has 31 heavy (non-hydrogen) atoms. The van der Waals surface area contributed by atoms with Gasteiger partial charge in [0, 0.05) is 28.9 Å². The van der Waals surface area contributed by atoms with E-state index in [1.54, 1.807) is 11.0 Å². The molecule has 0 bridgehead atoms. The van der Waals surface area contributed by atoms with Crippen LogP contribution in [0.3, 0.4) is 0 Å². The lowest BCUT2D eigenvalue weighted by Gasteiger charge is -2.31. The van der Waals surface area contributed by atoms with Gasteiger partial charge in [-0.05, 0) is 42.2 Å². The summed E-state index contributed by atoms with van der Waals surface area (Å²) in [5, 5.41) is 4.26. The van der Waals surface area contributed by atoms with Gasteiger partial charge in [0.1, 0.15) is 6.04 Å². The molecule has 1 atom stereocenters. The number of carbonyl (C=O) groups is 2. The van der Waals surface area contributed by atoms with Gasteiger partial charge in [0.25, 0.3) is 0 Å². The predicted molar refractivity (Wildman–Crippen MR) is 132 cm³/mol. The minimum absolute atomic E-state index is 0.0728. The molecule has 2 aromatic rings. The molecular weight excluding hydrogens is 451 g/mol. The molecule has 2 amide bonds. The predicted octanol–water partition coefficient (Wildman–Crippen LogP) is 5.95. The lowest BCUT2D eigenvalue weighted by Crippen LogP contribution is -2.49. The molecule has 1 N–H and O–H groups in total. The second-order valence-electron chi connectivity index (χ2n) is 7.30. The van der Waals surface area contributed by atoms with Gasteiger partial charge < -0.3 is 10.2 Å². The summed E-state index contributed by atoms with van der Waals surface area (Å²) in [6.07, 6.45) is 2.45. The van der Waals surface area contributed by atoms with Crippen LogP contribution in [0.5, 0.6) is 0 Å². The summed E-state index contributed by atoms with van der Waals surface area (Å²) in [6.45, 7) is 4.93. The summed E-state index contributed by atoms with van der Waals surface area (Å²) in [6, 6.07) is 14.5. The fourth-order valence-corrected chi connectivity index (χ4v) is 4.35. The third-order valence-corrected chi connectivity index (χ3v) is 6.53. The summed E-state index contributed by atoms with van der Waals surface area (Å²) >= 11 is 13.8. The Morgan fingerprint density at radius 1 is 1.06 bits per heavy atom. The number of benzene rings is 2. The van der Waals surface area contributed by atoms with Gasteiger partial charge in [-0.2, -0.15) is 0 Å². The number of thioether (sulfide) groups is 1. The number of hydrogen-bond acceptors (Lipinski definition) is 3. The fourth-order valence-electron chi connectivity index (χ4n) is 3.16. The van der Waals surface area contributed by atoms with Gasteiger partial charge >= 0.3 is 0 Å². The highest BCUT2D eigenvalue weighted by atomic mass is 35.5. The molecule has 0 aliphatic carbocycles. The number of unbranched alkanes of at least 4 members (excludes halogenated alkanes) is 1. The van der Waals surface area contributed by atoms with Crippen LogP contribution in [0.1, 0.15) is 44.2 Å². The van der Waals surface area contributed by atoms with E-state index in [0.29, 0.717) is 35.3 Å². The number of amides is 2. The molecule has 0 saturated heterocycles. The standard InChI is InChI=1S/C24H30Cl2N2O2S/c1-3-5-14-27-24(30)22(4-2)28(15-19-8-6-7-9-21(19)26)23(29)17-31-16-18-10-12-20(25)13-11-18/h6-13,22H,3-5,14-17H2,1-2H3,(H,27,30).